The van der Waals surface area contributed by atoms with Crippen LogP contribution in [-0.4, -0.2) is 0 Å². The molecule has 0 amide bonds. The van der Waals surface area contributed by atoms with Crippen molar-refractivity contribution in [3.63, 3.8) is 0 Å². The van der Waals surface area contributed by atoms with Gasteiger partial charge in [0.25, 0.3) is 0 Å². The third-order valence-corrected chi connectivity index (χ3v) is 21.6. The molecule has 67 heavy (non-hydrogen) atoms. The van der Waals surface area contributed by atoms with Gasteiger partial charge in [-0.2, -0.15) is 0 Å². The van der Waals surface area contributed by atoms with Gasteiger partial charge in [-0.15, -0.1) is 17.2 Å². The van der Waals surface area contributed by atoms with Crippen LogP contribution in [0.3, 0.4) is 0 Å². The van der Waals surface area contributed by atoms with Gasteiger partial charge in [0.1, 0.15) is 0 Å². The first-order chi connectivity index (χ1) is 31.6. The van der Waals surface area contributed by atoms with Gasteiger partial charge in [-0.3, -0.25) is 0 Å². The zero-order chi connectivity index (χ0) is 45.2. The maximum atomic E-state index is 15.2. The fourth-order valence-electron chi connectivity index (χ4n) is 20.2. The minimum absolute atomic E-state index is 0. The topological polar surface area (TPSA) is 69.2 Å². The van der Waals surface area contributed by atoms with Crippen LogP contribution >= 0.6 is 0 Å². The van der Waals surface area contributed by atoms with E-state index in [4.69, 9.17) is 0 Å². The molecule has 4 heteroatoms. The second-order valence-electron chi connectivity index (χ2n) is 26.3. The third kappa shape index (κ3) is 7.40. The SMILES string of the molecule is Cc1cc(Cc2c(C)c(Cc3cc(C)cc(C45CC6CC(CC(C6)C4)C5)c3[O-])c(C)c(Cc3cc(C)cc(C45CC6CC(CC(C6)C4)C5)c3[O-])c2C)c([O-])c(C23CC4CC(CC(C4)C2)C3)c1.[Gd+3]. The second-order valence-corrected chi connectivity index (χ2v) is 26.3. The molecule has 0 spiro atoms. The summed E-state index contributed by atoms with van der Waals surface area (Å²) in [6, 6.07) is 13.5. The van der Waals surface area contributed by atoms with Crippen molar-refractivity contribution in [2.45, 2.75) is 193 Å². The van der Waals surface area contributed by atoms with E-state index in [1.807, 2.05) is 0 Å². The standard InChI is InChI=1S/C63H78O3.Gd/c1-34-7-49(58(64)55(10-34)61-25-40-13-41(26-61)15-42(14-40)27-61)22-52-37(4)53(23-50-8-35(2)11-56(59(50)65)62-28-43-16-44(29-62)18-45(17-43)30-62)39(6)54(38(52)5)24-51-9-36(3)12-57(60(51)66)63-31-46-19-47(32-63)21-48(20-46)33-63;/h7-12,40-48,64-66H,13-33H2,1-6H3;/q;+3/p-3. The van der Waals surface area contributed by atoms with Gasteiger partial charge in [-0.05, 0) is 296 Å². The summed E-state index contributed by atoms with van der Waals surface area (Å²) in [6.45, 7) is 13.5. The van der Waals surface area contributed by atoms with Crippen molar-refractivity contribution in [2.24, 2.45) is 53.3 Å². The van der Waals surface area contributed by atoms with Crippen molar-refractivity contribution >= 4 is 0 Å². The third-order valence-electron chi connectivity index (χ3n) is 21.6. The van der Waals surface area contributed by atoms with E-state index in [1.165, 1.54) is 166 Å². The molecule has 0 atom stereocenters. The monoisotopic (exact) mass is 1040 g/mol. The summed E-state index contributed by atoms with van der Waals surface area (Å²) in [6.07, 6.45) is 24.7. The number of hydrogen-bond donors (Lipinski definition) is 0. The Balaban J connectivity index is 0.00000468. The fraction of sp³-hybridized carbons (Fsp3) is 0.619. The summed E-state index contributed by atoms with van der Waals surface area (Å²) in [4.78, 5) is 0. The first-order valence-corrected chi connectivity index (χ1v) is 27.2. The van der Waals surface area contributed by atoms with Crippen LogP contribution in [-0.2, 0) is 35.5 Å². The van der Waals surface area contributed by atoms with Crippen molar-refractivity contribution < 1.29 is 55.3 Å². The second kappa shape index (κ2) is 16.3. The van der Waals surface area contributed by atoms with Crippen LogP contribution in [0.1, 0.15) is 199 Å². The number of benzene rings is 4. The van der Waals surface area contributed by atoms with Crippen LogP contribution in [0.4, 0.5) is 0 Å². The van der Waals surface area contributed by atoms with Gasteiger partial charge in [0, 0.05) is 0 Å². The van der Waals surface area contributed by atoms with Crippen molar-refractivity contribution in [1.82, 2.24) is 0 Å². The summed E-state index contributed by atoms with van der Waals surface area (Å²) in [5, 5.41) is 45.5. The van der Waals surface area contributed by atoms with Crippen molar-refractivity contribution in [3.8, 4) is 17.2 Å². The van der Waals surface area contributed by atoms with Crippen LogP contribution in [0.25, 0.3) is 0 Å². The van der Waals surface area contributed by atoms with Gasteiger partial charge in [0.05, 0.1) is 0 Å². The summed E-state index contributed by atoms with van der Waals surface area (Å²) in [7, 11) is 0. The Morgan fingerprint density at radius 3 is 0.731 bits per heavy atom. The Hall–Kier alpha value is -2.40. The van der Waals surface area contributed by atoms with Crippen molar-refractivity contribution in [2.75, 3.05) is 0 Å². The van der Waals surface area contributed by atoms with Crippen LogP contribution in [0.5, 0.6) is 17.2 Å². The zero-order valence-corrected chi connectivity index (χ0v) is 43.9. The number of aryl methyl sites for hydroxylation is 3. The van der Waals surface area contributed by atoms with Crippen LogP contribution in [0.2, 0.25) is 0 Å². The van der Waals surface area contributed by atoms with Gasteiger partial charge in [-0.25, -0.2) is 0 Å². The van der Waals surface area contributed by atoms with Crippen molar-refractivity contribution in [1.29, 1.82) is 0 Å². The minimum Gasteiger partial charge on any atom is -0.872 e. The molecule has 0 aromatic heterocycles. The Bertz CT molecular complexity index is 2270. The maximum absolute atomic E-state index is 15.2. The smallest absolute Gasteiger partial charge is 0.872 e. The molecular weight excluding hydrogens is 962 g/mol. The molecule has 1 radical (unpaired) electrons. The van der Waals surface area contributed by atoms with Gasteiger partial charge in [0.2, 0.25) is 0 Å². The Labute approximate surface area is 434 Å². The zero-order valence-electron chi connectivity index (χ0n) is 41.6. The Kier molecular flexibility index (Phi) is 11.1. The molecular formula is C63H75GdO3. The number of hydrogen-bond acceptors (Lipinski definition) is 3. The Morgan fingerprint density at radius 1 is 0.343 bits per heavy atom. The normalized spacial score (nSPS) is 36.0. The summed E-state index contributed by atoms with van der Waals surface area (Å²) < 4.78 is 0. The van der Waals surface area contributed by atoms with Crippen LogP contribution < -0.4 is 15.3 Å². The molecule has 0 saturated heterocycles. The van der Waals surface area contributed by atoms with E-state index in [2.05, 4.69) is 77.9 Å². The molecule has 16 rings (SSSR count). The van der Waals surface area contributed by atoms with Crippen LogP contribution in [0, 0.1) is 135 Å². The molecule has 3 nitrogen and oxygen atoms in total. The van der Waals surface area contributed by atoms with E-state index in [0.29, 0.717) is 19.3 Å². The Morgan fingerprint density at radius 2 is 0.537 bits per heavy atom. The van der Waals surface area contributed by atoms with Gasteiger partial charge < -0.3 is 15.3 Å². The average Bonchev–Trinajstić information content (AvgIpc) is 3.24. The largest absolute Gasteiger partial charge is 3.00 e. The van der Waals surface area contributed by atoms with E-state index >= 15 is 15.3 Å². The molecule has 353 valence electrons. The first-order valence-electron chi connectivity index (χ1n) is 27.2. The van der Waals surface area contributed by atoms with E-state index in [0.717, 1.165) is 86.6 Å². The van der Waals surface area contributed by atoms with Gasteiger partial charge >= 0.3 is 39.9 Å². The molecule has 0 aliphatic heterocycles. The molecule has 12 aliphatic carbocycles. The van der Waals surface area contributed by atoms with E-state index in [-0.39, 0.29) is 73.4 Å². The predicted octanol–water partition coefficient (Wildman–Crippen LogP) is 12.9. The van der Waals surface area contributed by atoms with E-state index in [1.54, 1.807) is 0 Å². The number of rotatable bonds is 9. The molecule has 0 N–H and O–H groups in total. The fourth-order valence-corrected chi connectivity index (χ4v) is 20.2. The summed E-state index contributed by atoms with van der Waals surface area (Å²) in [5.41, 5.74) is 17.2. The first kappa shape index (κ1) is 45.7. The molecule has 4 aromatic rings. The molecule has 0 unspecified atom stereocenters. The average molecular weight is 1040 g/mol. The molecule has 12 bridgehead atoms. The van der Waals surface area contributed by atoms with Crippen molar-refractivity contribution in [3.05, 3.63) is 120 Å². The maximum Gasteiger partial charge on any atom is 3.00 e. The van der Waals surface area contributed by atoms with Crippen LogP contribution in [0.15, 0.2) is 36.4 Å². The van der Waals surface area contributed by atoms with Gasteiger partial charge in [0.15, 0.2) is 0 Å². The predicted molar refractivity (Wildman–Crippen MR) is 260 cm³/mol. The molecule has 12 fully saturated rings. The summed E-state index contributed by atoms with van der Waals surface area (Å²) >= 11 is 0. The molecule has 4 aromatic carbocycles. The van der Waals surface area contributed by atoms with Gasteiger partial charge in [-0.1, -0.05) is 69.8 Å². The van der Waals surface area contributed by atoms with E-state index < -0.39 is 0 Å². The van der Waals surface area contributed by atoms with E-state index in [9.17, 15) is 0 Å². The summed E-state index contributed by atoms with van der Waals surface area (Å²) in [5.74, 6) is 7.84. The molecule has 12 aliphatic rings. The minimum atomic E-state index is 0. The molecule has 0 heterocycles. The quantitative estimate of drug-likeness (QED) is 0.168. The molecule has 12 saturated carbocycles.